The van der Waals surface area contributed by atoms with Crippen molar-refractivity contribution in [3.63, 3.8) is 0 Å². The molecule has 0 N–H and O–H groups in total. The maximum absolute atomic E-state index is 12.3. The maximum Gasteiger partial charge on any atom is 0.305 e. The molecule has 0 aliphatic heterocycles. The van der Waals surface area contributed by atoms with Crippen molar-refractivity contribution >= 4 is 11.9 Å². The normalized spacial score (nSPS) is 13.7. The molecule has 0 spiro atoms. The highest BCUT2D eigenvalue weighted by molar-refractivity contribution is 5.69. The van der Waals surface area contributed by atoms with Crippen LogP contribution in [0, 0.1) is 35.5 Å². The van der Waals surface area contributed by atoms with E-state index in [2.05, 4.69) is 74.1 Å². The summed E-state index contributed by atoms with van der Waals surface area (Å²) < 4.78 is 17.8. The summed E-state index contributed by atoms with van der Waals surface area (Å²) in [4.78, 5) is 27.2. The van der Waals surface area contributed by atoms with E-state index in [1.54, 1.807) is 0 Å². The van der Waals surface area contributed by atoms with Crippen LogP contribution in [0.2, 0.25) is 0 Å². The minimum absolute atomic E-state index is 0.00813. The van der Waals surface area contributed by atoms with E-state index in [1.807, 2.05) is 0 Å². The molecule has 0 saturated carbocycles. The van der Waals surface area contributed by atoms with Crippen LogP contribution in [0.15, 0.2) is 0 Å². The van der Waals surface area contributed by atoms with E-state index in [4.69, 9.17) is 14.2 Å². The molecule has 0 rings (SSSR count). The average molecular weight is 780 g/mol. The molecular weight excluding hydrogens is 683 g/mol. The Bertz CT molecular complexity index is 796. The maximum atomic E-state index is 12.3. The van der Waals surface area contributed by atoms with Crippen LogP contribution in [0.1, 0.15) is 223 Å². The zero-order valence-electron chi connectivity index (χ0n) is 38.7. The first-order chi connectivity index (χ1) is 26.4. The minimum Gasteiger partial charge on any atom is -0.465 e. The first-order valence-corrected chi connectivity index (χ1v) is 24.0. The topological polar surface area (TPSA) is 65.1 Å². The van der Waals surface area contributed by atoms with Crippen LogP contribution in [0.5, 0.6) is 0 Å². The fourth-order valence-corrected chi connectivity index (χ4v) is 7.45. The molecular formula is C49H97NO5. The van der Waals surface area contributed by atoms with Crippen LogP contribution in [-0.2, 0) is 23.8 Å². The largest absolute Gasteiger partial charge is 0.465 e. The van der Waals surface area contributed by atoms with Crippen molar-refractivity contribution in [3.8, 4) is 0 Å². The number of hydrogen-bond acceptors (Lipinski definition) is 6. The van der Waals surface area contributed by atoms with E-state index in [-0.39, 0.29) is 11.9 Å². The number of unbranched alkanes of at least 4 members (excludes halogenated alkanes) is 13. The number of nitrogens with zero attached hydrogens (tertiary/aromatic N) is 1. The van der Waals surface area contributed by atoms with Gasteiger partial charge in [0.05, 0.1) is 19.3 Å². The van der Waals surface area contributed by atoms with E-state index < -0.39 is 0 Å². The molecule has 0 bridgehead atoms. The van der Waals surface area contributed by atoms with Gasteiger partial charge in [0, 0.05) is 19.4 Å². The van der Waals surface area contributed by atoms with Gasteiger partial charge in [-0.15, -0.1) is 0 Å². The van der Waals surface area contributed by atoms with E-state index in [0.717, 1.165) is 64.6 Å². The van der Waals surface area contributed by atoms with E-state index >= 15 is 0 Å². The van der Waals surface area contributed by atoms with Crippen molar-refractivity contribution in [1.29, 1.82) is 0 Å². The second-order valence-corrected chi connectivity index (χ2v) is 18.6. The van der Waals surface area contributed by atoms with Crippen molar-refractivity contribution in [2.24, 2.45) is 35.5 Å². The van der Waals surface area contributed by atoms with Crippen LogP contribution in [0.3, 0.4) is 0 Å². The molecule has 328 valence electrons. The fourth-order valence-electron chi connectivity index (χ4n) is 7.45. The molecule has 6 heteroatoms. The lowest BCUT2D eigenvalue weighted by Crippen LogP contribution is -2.24. The summed E-state index contributed by atoms with van der Waals surface area (Å²) in [6.07, 6.45) is 27.7. The second kappa shape index (κ2) is 37.2. The fraction of sp³-hybridized carbons (Fsp3) is 0.959. The number of hydrogen-bond donors (Lipinski definition) is 0. The molecule has 0 radical (unpaired) electrons. The number of rotatable bonds is 40. The zero-order chi connectivity index (χ0) is 41.1. The molecule has 2 unspecified atom stereocenters. The monoisotopic (exact) mass is 780 g/mol. The van der Waals surface area contributed by atoms with Gasteiger partial charge in [0.25, 0.3) is 0 Å². The predicted octanol–water partition coefficient (Wildman–Crippen LogP) is 14.0. The summed E-state index contributed by atoms with van der Waals surface area (Å²) in [5, 5.41) is 0. The Kier molecular flexibility index (Phi) is 36.4. The Morgan fingerprint density at radius 1 is 0.455 bits per heavy atom. The molecule has 0 heterocycles. The molecule has 0 aromatic rings. The van der Waals surface area contributed by atoms with Gasteiger partial charge in [-0.1, -0.05) is 159 Å². The van der Waals surface area contributed by atoms with Crippen molar-refractivity contribution < 1.29 is 23.8 Å². The van der Waals surface area contributed by atoms with Crippen LogP contribution >= 0.6 is 0 Å². The molecule has 0 aliphatic carbocycles. The summed E-state index contributed by atoms with van der Waals surface area (Å²) in [7, 11) is 0. The zero-order valence-corrected chi connectivity index (χ0v) is 38.7. The first kappa shape index (κ1) is 53.9. The summed E-state index contributed by atoms with van der Waals surface area (Å²) in [6.45, 7) is 28.0. The van der Waals surface area contributed by atoms with Crippen molar-refractivity contribution in [3.05, 3.63) is 0 Å². The van der Waals surface area contributed by atoms with Crippen molar-refractivity contribution in [2.45, 2.75) is 229 Å². The summed E-state index contributed by atoms with van der Waals surface area (Å²) in [5.41, 5.74) is 0. The third-order valence-electron chi connectivity index (χ3n) is 12.0. The van der Waals surface area contributed by atoms with Crippen LogP contribution in [0.4, 0.5) is 0 Å². The lowest BCUT2D eigenvalue weighted by Gasteiger charge is -2.21. The van der Waals surface area contributed by atoms with Crippen LogP contribution in [0.25, 0.3) is 0 Å². The quantitative estimate of drug-likeness (QED) is 0.0456. The van der Waals surface area contributed by atoms with Gasteiger partial charge in [0.15, 0.2) is 0 Å². The molecule has 0 saturated heterocycles. The number of ether oxygens (including phenoxy) is 3. The molecule has 0 aromatic carbocycles. The molecule has 6 nitrogen and oxygen atoms in total. The van der Waals surface area contributed by atoms with Gasteiger partial charge in [-0.3, -0.25) is 9.59 Å². The SMILES string of the molecule is CCN(CC)CCCCOC(CCCCCCCCCC(=O)OCC(CCC(C)C)C(C)C)CCCCCCCCCC(=O)OCC(CCC(C)C)C(C)C. The number of carbonyl (C=O) groups excluding carboxylic acids is 2. The third-order valence-corrected chi connectivity index (χ3v) is 12.0. The highest BCUT2D eigenvalue weighted by atomic mass is 16.5. The van der Waals surface area contributed by atoms with Gasteiger partial charge < -0.3 is 19.1 Å². The van der Waals surface area contributed by atoms with E-state index in [9.17, 15) is 9.59 Å². The second-order valence-electron chi connectivity index (χ2n) is 18.6. The molecule has 0 fully saturated rings. The van der Waals surface area contributed by atoms with Gasteiger partial charge in [-0.05, 0) is 107 Å². The smallest absolute Gasteiger partial charge is 0.305 e. The van der Waals surface area contributed by atoms with Gasteiger partial charge in [-0.25, -0.2) is 0 Å². The Hall–Kier alpha value is -1.14. The standard InChI is InChI=1S/C49H97NO5/c1-11-50(12-2)37-27-28-38-53-47(29-23-19-15-13-17-21-25-31-48(51)54-39-45(43(7)8)35-33-41(3)4)30-24-20-16-14-18-22-26-32-49(52)55-40-46(44(9)10)36-34-42(5)6/h41-47H,11-40H2,1-10H3. The average Bonchev–Trinajstić information content (AvgIpc) is 3.13. The predicted molar refractivity (Wildman–Crippen MR) is 237 cm³/mol. The van der Waals surface area contributed by atoms with Gasteiger partial charge in [-0.2, -0.15) is 0 Å². The number of carbonyl (C=O) groups is 2. The highest BCUT2D eigenvalue weighted by Gasteiger charge is 2.18. The Morgan fingerprint density at radius 2 is 0.836 bits per heavy atom. The molecule has 0 amide bonds. The molecule has 55 heavy (non-hydrogen) atoms. The van der Waals surface area contributed by atoms with Gasteiger partial charge in [0.1, 0.15) is 0 Å². The minimum atomic E-state index is -0.00813. The van der Waals surface area contributed by atoms with E-state index in [1.165, 1.54) is 103 Å². The molecule has 2 atom stereocenters. The molecule has 0 aromatic heterocycles. The third kappa shape index (κ3) is 34.6. The summed E-state index contributed by atoms with van der Waals surface area (Å²) in [5.74, 6) is 3.45. The van der Waals surface area contributed by atoms with Gasteiger partial charge >= 0.3 is 11.9 Å². The van der Waals surface area contributed by atoms with Crippen LogP contribution in [-0.4, -0.2) is 62.4 Å². The van der Waals surface area contributed by atoms with Gasteiger partial charge in [0.2, 0.25) is 0 Å². The van der Waals surface area contributed by atoms with E-state index in [0.29, 0.717) is 67.7 Å². The Balaban J connectivity index is 4.23. The molecule has 0 aliphatic rings. The Labute approximate surface area is 344 Å². The Morgan fingerprint density at radius 3 is 1.20 bits per heavy atom. The number of esters is 2. The van der Waals surface area contributed by atoms with Crippen molar-refractivity contribution in [2.75, 3.05) is 39.5 Å². The highest BCUT2D eigenvalue weighted by Crippen LogP contribution is 2.23. The summed E-state index contributed by atoms with van der Waals surface area (Å²) in [6, 6.07) is 0. The summed E-state index contributed by atoms with van der Waals surface area (Å²) >= 11 is 0. The lowest BCUT2D eigenvalue weighted by atomic mass is 9.89. The lowest BCUT2D eigenvalue weighted by molar-refractivity contribution is -0.146. The first-order valence-electron chi connectivity index (χ1n) is 24.0. The van der Waals surface area contributed by atoms with Crippen molar-refractivity contribution in [1.82, 2.24) is 4.90 Å². The van der Waals surface area contributed by atoms with Crippen LogP contribution < -0.4 is 0 Å².